The predicted octanol–water partition coefficient (Wildman–Crippen LogP) is 3.80. The Morgan fingerprint density at radius 3 is 1.80 bits per heavy atom. The molecular weight excluding hydrogens is 450 g/mol. The van der Waals surface area contributed by atoms with Crippen molar-refractivity contribution in [2.75, 3.05) is 38.0 Å². The fourth-order valence-corrected chi connectivity index (χ4v) is 4.35. The van der Waals surface area contributed by atoms with Gasteiger partial charge in [0.2, 0.25) is 11.8 Å². The maximum absolute atomic E-state index is 13.5. The summed E-state index contributed by atoms with van der Waals surface area (Å²) >= 11 is 0. The van der Waals surface area contributed by atoms with Crippen molar-refractivity contribution in [2.24, 2.45) is 5.73 Å². The maximum atomic E-state index is 13.5. The molecule has 0 aliphatic carbocycles. The molecule has 0 unspecified atom stereocenters. The number of hydrogen-bond donors (Lipinski definition) is 2. The molecule has 1 aliphatic heterocycles. The summed E-state index contributed by atoms with van der Waals surface area (Å²) < 4.78 is 27.0. The SMILES string of the molecule is NC(=O)c1ccc(NC(=O)CCN2CCN(C(c3ccc(F)cc3)c3ccc(F)cc3)CC2)cc1. The monoisotopic (exact) mass is 478 g/mol. The van der Waals surface area contributed by atoms with E-state index in [0.29, 0.717) is 24.2 Å². The predicted molar refractivity (Wildman–Crippen MR) is 131 cm³/mol. The van der Waals surface area contributed by atoms with Crippen molar-refractivity contribution in [3.63, 3.8) is 0 Å². The van der Waals surface area contributed by atoms with Crippen molar-refractivity contribution in [1.82, 2.24) is 9.80 Å². The first-order valence-corrected chi connectivity index (χ1v) is 11.6. The average Bonchev–Trinajstić information content (AvgIpc) is 2.86. The molecule has 0 bridgehead atoms. The molecule has 1 saturated heterocycles. The minimum Gasteiger partial charge on any atom is -0.366 e. The number of nitrogens with one attached hydrogen (secondary N) is 1. The second-order valence-corrected chi connectivity index (χ2v) is 8.62. The molecule has 3 N–H and O–H groups in total. The van der Waals surface area contributed by atoms with E-state index < -0.39 is 5.91 Å². The lowest BCUT2D eigenvalue weighted by Gasteiger charge is -2.39. The van der Waals surface area contributed by atoms with Crippen LogP contribution in [-0.4, -0.2) is 54.3 Å². The summed E-state index contributed by atoms with van der Waals surface area (Å²) in [5.41, 5.74) is 8.15. The molecule has 35 heavy (non-hydrogen) atoms. The van der Waals surface area contributed by atoms with Crippen molar-refractivity contribution in [2.45, 2.75) is 12.5 Å². The number of halogens is 2. The number of amides is 2. The Morgan fingerprint density at radius 2 is 1.31 bits per heavy atom. The molecule has 0 spiro atoms. The van der Waals surface area contributed by atoms with Gasteiger partial charge in [-0.1, -0.05) is 24.3 Å². The van der Waals surface area contributed by atoms with E-state index in [1.54, 1.807) is 48.5 Å². The normalized spacial score (nSPS) is 14.7. The molecule has 182 valence electrons. The minimum absolute atomic E-state index is 0.102. The number of nitrogens with two attached hydrogens (primary N) is 1. The number of rotatable bonds is 8. The number of nitrogens with zero attached hydrogens (tertiary/aromatic N) is 2. The molecule has 6 nitrogen and oxygen atoms in total. The second kappa shape index (κ2) is 11.2. The van der Waals surface area contributed by atoms with E-state index in [1.165, 1.54) is 24.3 Å². The summed E-state index contributed by atoms with van der Waals surface area (Å²) in [7, 11) is 0. The van der Waals surface area contributed by atoms with Gasteiger partial charge < -0.3 is 16.0 Å². The van der Waals surface area contributed by atoms with E-state index in [-0.39, 0.29) is 23.6 Å². The lowest BCUT2D eigenvalue weighted by atomic mass is 9.96. The zero-order valence-electron chi connectivity index (χ0n) is 19.3. The Kier molecular flexibility index (Phi) is 7.84. The van der Waals surface area contributed by atoms with Gasteiger partial charge in [0.25, 0.3) is 0 Å². The lowest BCUT2D eigenvalue weighted by molar-refractivity contribution is -0.116. The topological polar surface area (TPSA) is 78.7 Å². The number of hydrogen-bond acceptors (Lipinski definition) is 4. The molecule has 0 atom stereocenters. The number of carbonyl (C=O) groups excluding carboxylic acids is 2. The van der Waals surface area contributed by atoms with Crippen LogP contribution in [0.1, 0.15) is 33.9 Å². The first-order chi connectivity index (χ1) is 16.9. The Bertz CT molecular complexity index is 1100. The summed E-state index contributed by atoms with van der Waals surface area (Å²) in [6.45, 7) is 3.70. The molecule has 3 aromatic carbocycles. The van der Waals surface area contributed by atoms with Crippen LogP contribution in [0.25, 0.3) is 0 Å². The van der Waals surface area contributed by atoms with E-state index in [2.05, 4.69) is 15.1 Å². The number of primary amides is 1. The van der Waals surface area contributed by atoms with Crippen LogP contribution >= 0.6 is 0 Å². The van der Waals surface area contributed by atoms with Gasteiger partial charge in [0.15, 0.2) is 0 Å². The van der Waals surface area contributed by atoms with Gasteiger partial charge in [-0.2, -0.15) is 0 Å². The van der Waals surface area contributed by atoms with Crippen LogP contribution in [0.4, 0.5) is 14.5 Å². The third-order valence-corrected chi connectivity index (χ3v) is 6.25. The Balaban J connectivity index is 1.32. The van der Waals surface area contributed by atoms with Gasteiger partial charge in [-0.25, -0.2) is 8.78 Å². The van der Waals surface area contributed by atoms with Crippen LogP contribution in [0.2, 0.25) is 0 Å². The number of piperazine rings is 1. The van der Waals surface area contributed by atoms with Crippen LogP contribution in [0, 0.1) is 11.6 Å². The van der Waals surface area contributed by atoms with Crippen molar-refractivity contribution in [3.8, 4) is 0 Å². The molecule has 3 aromatic rings. The van der Waals surface area contributed by atoms with Gasteiger partial charge in [0.05, 0.1) is 6.04 Å². The number of anilines is 1. The zero-order valence-corrected chi connectivity index (χ0v) is 19.3. The van der Waals surface area contributed by atoms with E-state index >= 15 is 0 Å². The van der Waals surface area contributed by atoms with Crippen LogP contribution in [0.15, 0.2) is 72.8 Å². The molecule has 0 aromatic heterocycles. The Labute approximate surface area is 203 Å². The second-order valence-electron chi connectivity index (χ2n) is 8.62. The highest BCUT2D eigenvalue weighted by atomic mass is 19.1. The lowest BCUT2D eigenvalue weighted by Crippen LogP contribution is -2.48. The highest BCUT2D eigenvalue weighted by Gasteiger charge is 2.26. The molecule has 8 heteroatoms. The standard InChI is InChI=1S/C27H28F2N4O2/c28-22-7-1-19(2-8-22)26(20-3-9-23(29)10-4-20)33-17-15-32(16-18-33)14-13-25(34)31-24-11-5-21(6-12-24)27(30)35/h1-12,26H,13-18H2,(H2,30,35)(H,31,34). The van der Waals surface area contributed by atoms with Crippen molar-refractivity contribution >= 4 is 17.5 Å². The highest BCUT2D eigenvalue weighted by molar-refractivity contribution is 5.94. The van der Waals surface area contributed by atoms with Gasteiger partial charge in [-0.15, -0.1) is 0 Å². The smallest absolute Gasteiger partial charge is 0.248 e. The van der Waals surface area contributed by atoms with Crippen LogP contribution < -0.4 is 11.1 Å². The Morgan fingerprint density at radius 1 is 0.800 bits per heavy atom. The molecule has 4 rings (SSSR count). The van der Waals surface area contributed by atoms with Crippen molar-refractivity contribution in [1.29, 1.82) is 0 Å². The molecule has 1 aliphatic rings. The number of benzene rings is 3. The molecule has 1 fully saturated rings. The van der Waals surface area contributed by atoms with Crippen molar-refractivity contribution < 1.29 is 18.4 Å². The fourth-order valence-electron chi connectivity index (χ4n) is 4.35. The average molecular weight is 479 g/mol. The Hall–Kier alpha value is -3.62. The van der Waals surface area contributed by atoms with Gasteiger partial charge in [-0.3, -0.25) is 14.5 Å². The van der Waals surface area contributed by atoms with E-state index in [0.717, 1.165) is 37.3 Å². The summed E-state index contributed by atoms with van der Waals surface area (Å²) in [6, 6.07) is 19.2. The third kappa shape index (κ3) is 6.49. The third-order valence-electron chi connectivity index (χ3n) is 6.25. The number of carbonyl (C=O) groups is 2. The van der Waals surface area contributed by atoms with E-state index in [4.69, 9.17) is 5.73 Å². The van der Waals surface area contributed by atoms with Crippen molar-refractivity contribution in [3.05, 3.63) is 101 Å². The summed E-state index contributed by atoms with van der Waals surface area (Å²) in [4.78, 5) is 28.1. The summed E-state index contributed by atoms with van der Waals surface area (Å²) in [5, 5.41) is 2.84. The van der Waals surface area contributed by atoms with Crippen LogP contribution in [0.3, 0.4) is 0 Å². The zero-order chi connectivity index (χ0) is 24.8. The molecule has 1 heterocycles. The first-order valence-electron chi connectivity index (χ1n) is 11.6. The van der Waals surface area contributed by atoms with Crippen LogP contribution in [0.5, 0.6) is 0 Å². The maximum Gasteiger partial charge on any atom is 0.248 e. The van der Waals surface area contributed by atoms with Gasteiger partial charge in [-0.05, 0) is 59.7 Å². The molecule has 0 radical (unpaired) electrons. The molecule has 2 amide bonds. The molecular formula is C27H28F2N4O2. The molecule has 0 saturated carbocycles. The minimum atomic E-state index is -0.511. The quantitative estimate of drug-likeness (QED) is 0.516. The van der Waals surface area contributed by atoms with E-state index in [1.807, 2.05) is 0 Å². The van der Waals surface area contributed by atoms with Gasteiger partial charge >= 0.3 is 0 Å². The largest absolute Gasteiger partial charge is 0.366 e. The summed E-state index contributed by atoms with van der Waals surface area (Å²) in [5.74, 6) is -1.20. The fraction of sp³-hybridized carbons (Fsp3) is 0.259. The van der Waals surface area contributed by atoms with Gasteiger partial charge in [0, 0.05) is 50.4 Å². The highest BCUT2D eigenvalue weighted by Crippen LogP contribution is 2.30. The first kappa shape index (κ1) is 24.5. The van der Waals surface area contributed by atoms with E-state index in [9.17, 15) is 18.4 Å². The van der Waals surface area contributed by atoms with Crippen LogP contribution in [-0.2, 0) is 4.79 Å². The van der Waals surface area contributed by atoms with Gasteiger partial charge in [0.1, 0.15) is 11.6 Å². The summed E-state index contributed by atoms with van der Waals surface area (Å²) in [6.07, 6.45) is 0.344.